The molecular weight excluding hydrogens is 220 g/mol. The molecule has 1 fully saturated rings. The first-order chi connectivity index (χ1) is 7.51. The van der Waals surface area contributed by atoms with Crippen LogP contribution in [0.15, 0.2) is 0 Å². The summed E-state index contributed by atoms with van der Waals surface area (Å²) in [6.07, 6.45) is 2.38. The highest BCUT2D eigenvalue weighted by atomic mass is 28.3. The molecule has 0 radical (unpaired) electrons. The van der Waals surface area contributed by atoms with E-state index >= 15 is 0 Å². The van der Waals surface area contributed by atoms with Crippen molar-refractivity contribution in [1.82, 2.24) is 0 Å². The third kappa shape index (κ3) is 7.38. The standard InChI is InChI=1S/C12H26O3Si/c1-5-12(15-10-11-9-14-11)13-7-6-8-16(2,3)4/h11-12H,5-10H2,1-4H3. The van der Waals surface area contributed by atoms with Crippen molar-refractivity contribution in [3.05, 3.63) is 0 Å². The lowest BCUT2D eigenvalue weighted by atomic mass is 10.4. The molecule has 4 heteroatoms. The van der Waals surface area contributed by atoms with Crippen LogP contribution in [0.3, 0.4) is 0 Å². The first-order valence-electron chi connectivity index (χ1n) is 6.36. The molecular formula is C12H26O3Si. The summed E-state index contributed by atoms with van der Waals surface area (Å²) in [4.78, 5) is 0. The van der Waals surface area contributed by atoms with Crippen molar-refractivity contribution >= 4 is 8.07 Å². The zero-order valence-electron chi connectivity index (χ0n) is 11.1. The Balaban J connectivity index is 1.99. The van der Waals surface area contributed by atoms with Crippen molar-refractivity contribution in [1.29, 1.82) is 0 Å². The third-order valence-corrected chi connectivity index (χ3v) is 4.43. The quantitative estimate of drug-likeness (QED) is 0.271. The van der Waals surface area contributed by atoms with Gasteiger partial charge >= 0.3 is 0 Å². The van der Waals surface area contributed by atoms with Gasteiger partial charge in [-0.3, -0.25) is 0 Å². The molecule has 1 heterocycles. The van der Waals surface area contributed by atoms with Crippen LogP contribution in [0.5, 0.6) is 0 Å². The van der Waals surface area contributed by atoms with Crippen LogP contribution >= 0.6 is 0 Å². The Kier molecular flexibility index (Phi) is 5.96. The molecule has 0 aliphatic carbocycles. The summed E-state index contributed by atoms with van der Waals surface area (Å²) in [5, 5.41) is 0. The van der Waals surface area contributed by atoms with Crippen molar-refractivity contribution in [2.75, 3.05) is 19.8 Å². The van der Waals surface area contributed by atoms with Crippen LogP contribution in [0.2, 0.25) is 25.7 Å². The Bertz CT molecular complexity index is 187. The van der Waals surface area contributed by atoms with Gasteiger partial charge in [0.1, 0.15) is 6.10 Å². The van der Waals surface area contributed by atoms with Crippen LogP contribution in [0.25, 0.3) is 0 Å². The van der Waals surface area contributed by atoms with Crippen LogP contribution < -0.4 is 0 Å². The van der Waals surface area contributed by atoms with Gasteiger partial charge in [0.25, 0.3) is 0 Å². The fraction of sp³-hybridized carbons (Fsp3) is 1.00. The van der Waals surface area contributed by atoms with Gasteiger partial charge < -0.3 is 14.2 Å². The summed E-state index contributed by atoms with van der Waals surface area (Å²) in [6.45, 7) is 11.6. The van der Waals surface area contributed by atoms with E-state index in [9.17, 15) is 0 Å². The Morgan fingerprint density at radius 3 is 2.50 bits per heavy atom. The van der Waals surface area contributed by atoms with Gasteiger partial charge in [0, 0.05) is 14.7 Å². The maximum Gasteiger partial charge on any atom is 0.157 e. The zero-order chi connectivity index (χ0) is 12.0. The lowest BCUT2D eigenvalue weighted by Crippen LogP contribution is -2.22. The molecule has 2 unspecified atom stereocenters. The molecule has 1 aliphatic heterocycles. The van der Waals surface area contributed by atoms with E-state index in [0.29, 0.717) is 12.7 Å². The van der Waals surface area contributed by atoms with E-state index in [-0.39, 0.29) is 6.29 Å². The molecule has 0 aromatic rings. The van der Waals surface area contributed by atoms with Crippen molar-refractivity contribution in [3.8, 4) is 0 Å². The molecule has 0 saturated carbocycles. The number of epoxide rings is 1. The van der Waals surface area contributed by atoms with Gasteiger partial charge in [-0.2, -0.15) is 0 Å². The van der Waals surface area contributed by atoms with Gasteiger partial charge in [-0.15, -0.1) is 0 Å². The minimum Gasteiger partial charge on any atom is -0.371 e. The number of hydrogen-bond acceptors (Lipinski definition) is 3. The monoisotopic (exact) mass is 246 g/mol. The number of rotatable bonds is 9. The summed E-state index contributed by atoms with van der Waals surface area (Å²) in [5.41, 5.74) is 0. The van der Waals surface area contributed by atoms with Crippen LogP contribution in [0.4, 0.5) is 0 Å². The highest BCUT2D eigenvalue weighted by molar-refractivity contribution is 6.76. The van der Waals surface area contributed by atoms with Crippen molar-refractivity contribution in [2.24, 2.45) is 0 Å². The molecule has 3 nitrogen and oxygen atoms in total. The largest absolute Gasteiger partial charge is 0.371 e. The number of hydrogen-bond donors (Lipinski definition) is 0. The summed E-state index contributed by atoms with van der Waals surface area (Å²) < 4.78 is 16.4. The van der Waals surface area contributed by atoms with E-state index in [1.807, 2.05) is 0 Å². The van der Waals surface area contributed by atoms with E-state index in [0.717, 1.165) is 26.1 Å². The van der Waals surface area contributed by atoms with Crippen molar-refractivity contribution < 1.29 is 14.2 Å². The molecule has 2 atom stereocenters. The lowest BCUT2D eigenvalue weighted by Gasteiger charge is -2.19. The zero-order valence-corrected chi connectivity index (χ0v) is 12.1. The molecule has 1 rings (SSSR count). The maximum atomic E-state index is 5.71. The predicted molar refractivity (Wildman–Crippen MR) is 68.5 cm³/mol. The van der Waals surface area contributed by atoms with Gasteiger partial charge in [0.05, 0.1) is 13.2 Å². The first kappa shape index (κ1) is 14.2. The van der Waals surface area contributed by atoms with Crippen LogP contribution in [-0.2, 0) is 14.2 Å². The van der Waals surface area contributed by atoms with Gasteiger partial charge in [-0.05, 0) is 12.8 Å². The second kappa shape index (κ2) is 6.74. The van der Waals surface area contributed by atoms with E-state index in [1.54, 1.807) is 0 Å². The average Bonchev–Trinajstić information content (AvgIpc) is 2.99. The van der Waals surface area contributed by atoms with Gasteiger partial charge in [0.2, 0.25) is 0 Å². The topological polar surface area (TPSA) is 31.0 Å². The lowest BCUT2D eigenvalue weighted by molar-refractivity contribution is -0.145. The highest BCUT2D eigenvalue weighted by Gasteiger charge is 2.24. The molecule has 0 bridgehead atoms. The normalized spacial score (nSPS) is 22.1. The minimum atomic E-state index is -0.907. The molecule has 1 aliphatic rings. The molecule has 96 valence electrons. The predicted octanol–water partition coefficient (Wildman–Crippen LogP) is 2.88. The van der Waals surface area contributed by atoms with Crippen molar-refractivity contribution in [2.45, 2.75) is 57.8 Å². The third-order valence-electron chi connectivity index (χ3n) is 2.58. The molecule has 0 aromatic carbocycles. The van der Waals surface area contributed by atoms with E-state index in [4.69, 9.17) is 14.2 Å². The Morgan fingerprint density at radius 1 is 1.31 bits per heavy atom. The molecule has 0 aromatic heterocycles. The maximum absolute atomic E-state index is 5.71. The average molecular weight is 246 g/mol. The second-order valence-electron chi connectivity index (χ2n) is 5.66. The molecule has 0 N–H and O–H groups in total. The highest BCUT2D eigenvalue weighted by Crippen LogP contribution is 2.14. The Labute approximate surface area is 100 Å². The minimum absolute atomic E-state index is 0.0363. The Morgan fingerprint density at radius 2 is 2.00 bits per heavy atom. The fourth-order valence-electron chi connectivity index (χ4n) is 1.48. The summed E-state index contributed by atoms with van der Waals surface area (Å²) in [5.74, 6) is 0. The first-order valence-corrected chi connectivity index (χ1v) is 10.1. The van der Waals surface area contributed by atoms with Crippen LogP contribution in [0.1, 0.15) is 19.8 Å². The van der Waals surface area contributed by atoms with Gasteiger partial charge in [-0.25, -0.2) is 0 Å². The summed E-state index contributed by atoms with van der Waals surface area (Å²) >= 11 is 0. The van der Waals surface area contributed by atoms with E-state index < -0.39 is 8.07 Å². The summed E-state index contributed by atoms with van der Waals surface area (Å²) in [6, 6.07) is 1.33. The molecule has 1 saturated heterocycles. The van der Waals surface area contributed by atoms with E-state index in [1.165, 1.54) is 6.04 Å². The van der Waals surface area contributed by atoms with Crippen LogP contribution in [0, 0.1) is 0 Å². The molecule has 0 amide bonds. The second-order valence-corrected chi connectivity index (χ2v) is 11.3. The van der Waals surface area contributed by atoms with Gasteiger partial charge in [-0.1, -0.05) is 32.6 Å². The SMILES string of the molecule is CCC(OCCC[Si](C)(C)C)OCC1CO1. The fourth-order valence-corrected chi connectivity index (χ4v) is 2.69. The number of ether oxygens (including phenoxy) is 3. The molecule has 16 heavy (non-hydrogen) atoms. The van der Waals surface area contributed by atoms with Crippen molar-refractivity contribution in [3.63, 3.8) is 0 Å². The van der Waals surface area contributed by atoms with E-state index in [2.05, 4.69) is 26.6 Å². The van der Waals surface area contributed by atoms with Gasteiger partial charge in [0.15, 0.2) is 6.29 Å². The Hall–Kier alpha value is 0.0969. The smallest absolute Gasteiger partial charge is 0.157 e. The molecule has 0 spiro atoms. The summed E-state index contributed by atoms with van der Waals surface area (Å²) in [7, 11) is -0.907. The van der Waals surface area contributed by atoms with Crippen LogP contribution in [-0.4, -0.2) is 40.3 Å².